The molecule has 0 saturated heterocycles. The number of halogens is 1. The standard InChI is InChI=1S/C14H23ClN2O2/c1-5-6-7-18-8-9-19-14-11(4)12(15)16-13(17-14)10(2)3/h10H,5-9H2,1-4H3. The van der Waals surface area contributed by atoms with Crippen LogP contribution in [0.5, 0.6) is 5.88 Å². The van der Waals surface area contributed by atoms with E-state index in [-0.39, 0.29) is 5.92 Å². The third-order valence-corrected chi connectivity index (χ3v) is 3.05. The fourth-order valence-corrected chi connectivity index (χ4v) is 1.60. The van der Waals surface area contributed by atoms with Gasteiger partial charge in [-0.3, -0.25) is 0 Å². The molecule has 0 radical (unpaired) electrons. The van der Waals surface area contributed by atoms with Gasteiger partial charge in [-0.25, -0.2) is 4.98 Å². The third kappa shape index (κ3) is 5.33. The van der Waals surface area contributed by atoms with E-state index in [9.17, 15) is 0 Å². The van der Waals surface area contributed by atoms with Gasteiger partial charge in [0.1, 0.15) is 17.6 Å². The van der Waals surface area contributed by atoms with Crippen molar-refractivity contribution in [2.24, 2.45) is 0 Å². The highest BCUT2D eigenvalue weighted by Gasteiger charge is 2.12. The molecule has 0 bridgehead atoms. The van der Waals surface area contributed by atoms with Crippen molar-refractivity contribution in [3.05, 3.63) is 16.5 Å². The van der Waals surface area contributed by atoms with Gasteiger partial charge in [-0.2, -0.15) is 4.98 Å². The first-order valence-corrected chi connectivity index (χ1v) is 7.18. The van der Waals surface area contributed by atoms with E-state index in [1.165, 1.54) is 0 Å². The molecule has 4 nitrogen and oxygen atoms in total. The molecular formula is C14H23ClN2O2. The van der Waals surface area contributed by atoms with Gasteiger partial charge in [-0.1, -0.05) is 38.8 Å². The first kappa shape index (κ1) is 16.2. The second-order valence-electron chi connectivity index (χ2n) is 4.77. The number of ether oxygens (including phenoxy) is 2. The highest BCUT2D eigenvalue weighted by Crippen LogP contribution is 2.24. The molecule has 0 spiro atoms. The van der Waals surface area contributed by atoms with Gasteiger partial charge in [0.2, 0.25) is 5.88 Å². The van der Waals surface area contributed by atoms with Crippen molar-refractivity contribution in [3.8, 4) is 5.88 Å². The van der Waals surface area contributed by atoms with E-state index >= 15 is 0 Å². The molecule has 1 heterocycles. The smallest absolute Gasteiger partial charge is 0.221 e. The van der Waals surface area contributed by atoms with Crippen molar-refractivity contribution in [1.82, 2.24) is 9.97 Å². The molecule has 0 fully saturated rings. The summed E-state index contributed by atoms with van der Waals surface area (Å²) in [5, 5.41) is 0.459. The van der Waals surface area contributed by atoms with Crippen LogP contribution in [-0.4, -0.2) is 29.8 Å². The molecule has 0 aromatic carbocycles. The number of aromatic nitrogens is 2. The Bertz CT molecular complexity index is 397. The lowest BCUT2D eigenvalue weighted by Crippen LogP contribution is -2.11. The maximum Gasteiger partial charge on any atom is 0.221 e. The number of rotatable bonds is 8. The van der Waals surface area contributed by atoms with Crippen LogP contribution in [-0.2, 0) is 4.74 Å². The molecule has 0 N–H and O–H groups in total. The minimum Gasteiger partial charge on any atom is -0.475 e. The molecular weight excluding hydrogens is 264 g/mol. The monoisotopic (exact) mass is 286 g/mol. The Balaban J connectivity index is 2.52. The molecule has 0 amide bonds. The maximum absolute atomic E-state index is 6.08. The Morgan fingerprint density at radius 3 is 2.53 bits per heavy atom. The Labute approximate surface area is 120 Å². The molecule has 0 saturated carbocycles. The van der Waals surface area contributed by atoms with Gasteiger partial charge >= 0.3 is 0 Å². The lowest BCUT2D eigenvalue weighted by atomic mass is 10.2. The van der Waals surface area contributed by atoms with Gasteiger partial charge in [0.15, 0.2) is 0 Å². The van der Waals surface area contributed by atoms with Crippen LogP contribution in [0, 0.1) is 6.92 Å². The molecule has 5 heteroatoms. The molecule has 0 aliphatic heterocycles. The van der Waals surface area contributed by atoms with E-state index in [1.807, 2.05) is 20.8 Å². The molecule has 108 valence electrons. The van der Waals surface area contributed by atoms with Crippen LogP contribution < -0.4 is 4.74 Å². The number of nitrogens with zero attached hydrogens (tertiary/aromatic N) is 2. The lowest BCUT2D eigenvalue weighted by molar-refractivity contribution is 0.0961. The zero-order chi connectivity index (χ0) is 14.3. The summed E-state index contributed by atoms with van der Waals surface area (Å²) < 4.78 is 11.1. The first-order chi connectivity index (χ1) is 9.06. The quantitative estimate of drug-likeness (QED) is 0.539. The van der Waals surface area contributed by atoms with Crippen LogP contribution in [0.3, 0.4) is 0 Å². The summed E-state index contributed by atoms with van der Waals surface area (Å²) in [6.45, 7) is 9.88. The second kappa shape index (κ2) is 8.33. The number of hydrogen-bond donors (Lipinski definition) is 0. The van der Waals surface area contributed by atoms with Gasteiger partial charge < -0.3 is 9.47 Å². The predicted octanol–water partition coefficient (Wildman–Crippen LogP) is 3.76. The Kier molecular flexibility index (Phi) is 7.10. The summed E-state index contributed by atoms with van der Waals surface area (Å²) in [5.74, 6) is 1.49. The van der Waals surface area contributed by atoms with Crippen molar-refractivity contribution in [1.29, 1.82) is 0 Å². The first-order valence-electron chi connectivity index (χ1n) is 6.80. The third-order valence-electron chi connectivity index (χ3n) is 2.68. The molecule has 19 heavy (non-hydrogen) atoms. The zero-order valence-electron chi connectivity index (χ0n) is 12.2. The second-order valence-corrected chi connectivity index (χ2v) is 5.13. The zero-order valence-corrected chi connectivity index (χ0v) is 13.0. The van der Waals surface area contributed by atoms with Crippen LogP contribution >= 0.6 is 11.6 Å². The van der Waals surface area contributed by atoms with Crippen LogP contribution in [0.15, 0.2) is 0 Å². The van der Waals surface area contributed by atoms with Crippen molar-refractivity contribution in [2.45, 2.75) is 46.5 Å². The number of unbranched alkanes of at least 4 members (excludes halogenated alkanes) is 1. The fraction of sp³-hybridized carbons (Fsp3) is 0.714. The van der Waals surface area contributed by atoms with E-state index in [0.717, 1.165) is 25.0 Å². The molecule has 0 aliphatic carbocycles. The van der Waals surface area contributed by atoms with E-state index < -0.39 is 0 Å². The Hall–Kier alpha value is -0.870. The van der Waals surface area contributed by atoms with Crippen LogP contribution in [0.25, 0.3) is 0 Å². The Morgan fingerprint density at radius 2 is 1.89 bits per heavy atom. The largest absolute Gasteiger partial charge is 0.475 e. The van der Waals surface area contributed by atoms with Gasteiger partial charge in [0.25, 0.3) is 0 Å². The minimum atomic E-state index is 0.223. The highest BCUT2D eigenvalue weighted by molar-refractivity contribution is 6.30. The van der Waals surface area contributed by atoms with Gasteiger partial charge in [0, 0.05) is 18.1 Å². The highest BCUT2D eigenvalue weighted by atomic mass is 35.5. The van der Waals surface area contributed by atoms with E-state index in [0.29, 0.717) is 30.1 Å². The summed E-state index contributed by atoms with van der Waals surface area (Å²) in [7, 11) is 0. The van der Waals surface area contributed by atoms with Crippen molar-refractivity contribution < 1.29 is 9.47 Å². The summed E-state index contributed by atoms with van der Waals surface area (Å²) >= 11 is 6.08. The fourth-order valence-electron chi connectivity index (χ4n) is 1.43. The summed E-state index contributed by atoms with van der Waals surface area (Å²) in [6.07, 6.45) is 2.22. The maximum atomic E-state index is 6.08. The van der Waals surface area contributed by atoms with E-state index in [2.05, 4.69) is 16.9 Å². The van der Waals surface area contributed by atoms with Crippen molar-refractivity contribution >= 4 is 11.6 Å². The molecule has 0 aliphatic rings. The van der Waals surface area contributed by atoms with Crippen LogP contribution in [0.4, 0.5) is 0 Å². The summed E-state index contributed by atoms with van der Waals surface area (Å²) in [4.78, 5) is 8.64. The Morgan fingerprint density at radius 1 is 1.16 bits per heavy atom. The topological polar surface area (TPSA) is 44.2 Å². The van der Waals surface area contributed by atoms with Crippen molar-refractivity contribution in [3.63, 3.8) is 0 Å². The van der Waals surface area contributed by atoms with Crippen LogP contribution in [0.2, 0.25) is 5.15 Å². The van der Waals surface area contributed by atoms with Gasteiger partial charge in [-0.15, -0.1) is 0 Å². The molecule has 0 atom stereocenters. The van der Waals surface area contributed by atoms with E-state index in [1.54, 1.807) is 0 Å². The molecule has 1 rings (SSSR count). The van der Waals surface area contributed by atoms with E-state index in [4.69, 9.17) is 21.1 Å². The summed E-state index contributed by atoms with van der Waals surface area (Å²) in [5.41, 5.74) is 0.777. The molecule has 1 aromatic heterocycles. The lowest BCUT2D eigenvalue weighted by Gasteiger charge is -2.12. The number of hydrogen-bond acceptors (Lipinski definition) is 4. The average molecular weight is 287 g/mol. The summed E-state index contributed by atoms with van der Waals surface area (Å²) in [6, 6.07) is 0. The van der Waals surface area contributed by atoms with Crippen LogP contribution in [0.1, 0.15) is 50.9 Å². The normalized spacial score (nSPS) is 11.1. The minimum absolute atomic E-state index is 0.223. The van der Waals surface area contributed by atoms with Gasteiger partial charge in [-0.05, 0) is 13.3 Å². The SMILES string of the molecule is CCCCOCCOc1nc(C(C)C)nc(Cl)c1C. The van der Waals surface area contributed by atoms with Gasteiger partial charge in [0.05, 0.1) is 6.61 Å². The average Bonchev–Trinajstić information content (AvgIpc) is 2.37. The molecule has 0 unspecified atom stereocenters. The van der Waals surface area contributed by atoms with Crippen molar-refractivity contribution in [2.75, 3.05) is 19.8 Å². The predicted molar refractivity (Wildman–Crippen MR) is 77.1 cm³/mol. The molecule has 1 aromatic rings.